The van der Waals surface area contributed by atoms with Crippen molar-refractivity contribution in [1.29, 1.82) is 0 Å². The molecule has 0 aromatic heterocycles. The molecule has 0 aliphatic carbocycles. The maximum Gasteiger partial charge on any atom is 0.300 e. The average molecular weight is 504 g/mol. The van der Waals surface area contributed by atoms with Gasteiger partial charge in [0.1, 0.15) is 34.3 Å². The molecule has 0 bridgehead atoms. The van der Waals surface area contributed by atoms with Gasteiger partial charge in [-0.2, -0.15) is 0 Å². The number of rotatable bonds is 8. The number of carbonyl (C=O) groups excluding carboxylic acids is 2. The molecular weight excluding hydrogens is 474 g/mol. The van der Waals surface area contributed by atoms with E-state index in [-0.39, 0.29) is 28.7 Å². The highest BCUT2D eigenvalue weighted by atomic mass is 16.5. The Morgan fingerprint density at radius 3 is 1.95 bits per heavy atom. The molecule has 1 aliphatic rings. The molecule has 4 rings (SSSR count). The Bertz CT molecular complexity index is 1320. The minimum Gasteiger partial charge on any atom is -0.506 e. The molecule has 1 saturated heterocycles. The Hall–Kier alpha value is -4.46. The van der Waals surface area contributed by atoms with Crippen LogP contribution in [0.5, 0.6) is 23.0 Å². The largest absolute Gasteiger partial charge is 0.506 e. The van der Waals surface area contributed by atoms with Crippen molar-refractivity contribution in [1.82, 2.24) is 0 Å². The van der Waals surface area contributed by atoms with E-state index in [2.05, 4.69) is 0 Å². The Morgan fingerprint density at radius 2 is 1.38 bits per heavy atom. The van der Waals surface area contributed by atoms with Gasteiger partial charge in [0.15, 0.2) is 0 Å². The smallest absolute Gasteiger partial charge is 0.300 e. The standard InChI is InChI=1S/C29H29NO7/c1-17(2)37-19-15-13-18(14-16-19)30-26(20-9-6-7-10-21(20)34-3)25(28(32)29(30)33)27(31)24-22(35-4)11-8-12-23(24)36-5/h6-17,26,31H,1-5H3/b27-25+. The van der Waals surface area contributed by atoms with E-state index >= 15 is 0 Å². The predicted molar refractivity (Wildman–Crippen MR) is 140 cm³/mol. The first-order valence-electron chi connectivity index (χ1n) is 11.7. The maximum atomic E-state index is 13.5. The van der Waals surface area contributed by atoms with Gasteiger partial charge >= 0.3 is 0 Å². The molecule has 37 heavy (non-hydrogen) atoms. The van der Waals surface area contributed by atoms with Gasteiger partial charge in [0, 0.05) is 11.3 Å². The third-order valence-corrected chi connectivity index (χ3v) is 6.03. The van der Waals surface area contributed by atoms with Crippen LogP contribution in [0.2, 0.25) is 0 Å². The van der Waals surface area contributed by atoms with E-state index in [1.54, 1.807) is 66.7 Å². The van der Waals surface area contributed by atoms with E-state index in [9.17, 15) is 14.7 Å². The number of anilines is 1. The van der Waals surface area contributed by atoms with Gasteiger partial charge < -0.3 is 24.1 Å². The molecular formula is C29H29NO7. The molecule has 1 fully saturated rings. The number of nitrogens with zero attached hydrogens (tertiary/aromatic N) is 1. The van der Waals surface area contributed by atoms with Crippen molar-refractivity contribution >= 4 is 23.1 Å². The summed E-state index contributed by atoms with van der Waals surface area (Å²) in [6.45, 7) is 3.83. The zero-order chi connectivity index (χ0) is 26.7. The first-order valence-corrected chi connectivity index (χ1v) is 11.7. The molecule has 3 aromatic rings. The van der Waals surface area contributed by atoms with Gasteiger partial charge in [-0.1, -0.05) is 24.3 Å². The van der Waals surface area contributed by atoms with Gasteiger partial charge in [-0.15, -0.1) is 0 Å². The summed E-state index contributed by atoms with van der Waals surface area (Å²) in [5, 5.41) is 11.6. The Morgan fingerprint density at radius 1 is 0.811 bits per heavy atom. The molecule has 0 spiro atoms. The zero-order valence-corrected chi connectivity index (χ0v) is 21.3. The summed E-state index contributed by atoms with van der Waals surface area (Å²) in [6.07, 6.45) is -0.0236. The van der Waals surface area contributed by atoms with Crippen LogP contribution >= 0.6 is 0 Å². The summed E-state index contributed by atoms with van der Waals surface area (Å²) in [6, 6.07) is 17.9. The topological polar surface area (TPSA) is 94.5 Å². The number of methoxy groups -OCH3 is 3. The van der Waals surface area contributed by atoms with Crippen LogP contribution < -0.4 is 23.8 Å². The lowest BCUT2D eigenvalue weighted by atomic mass is 9.94. The number of ether oxygens (including phenoxy) is 4. The molecule has 1 atom stereocenters. The number of aliphatic hydroxyl groups excluding tert-OH is 1. The fourth-order valence-electron chi connectivity index (χ4n) is 4.46. The molecule has 1 amide bonds. The lowest BCUT2D eigenvalue weighted by molar-refractivity contribution is -0.132. The fraction of sp³-hybridized carbons (Fsp3) is 0.241. The second-order valence-corrected chi connectivity index (χ2v) is 8.61. The summed E-state index contributed by atoms with van der Waals surface area (Å²) >= 11 is 0. The number of aliphatic hydroxyl groups is 1. The van der Waals surface area contributed by atoms with E-state index in [1.807, 2.05) is 13.8 Å². The summed E-state index contributed by atoms with van der Waals surface area (Å²) in [4.78, 5) is 28.4. The van der Waals surface area contributed by atoms with Gasteiger partial charge in [-0.25, -0.2) is 0 Å². The molecule has 192 valence electrons. The van der Waals surface area contributed by atoms with Gasteiger partial charge in [-0.05, 0) is 56.3 Å². The van der Waals surface area contributed by atoms with E-state index in [0.29, 0.717) is 22.7 Å². The summed E-state index contributed by atoms with van der Waals surface area (Å²) < 4.78 is 22.2. The number of ketones is 1. The third-order valence-electron chi connectivity index (χ3n) is 6.03. The molecule has 1 N–H and O–H groups in total. The normalized spacial score (nSPS) is 16.7. The first kappa shape index (κ1) is 25.6. The number of para-hydroxylation sites is 1. The van der Waals surface area contributed by atoms with Crippen molar-refractivity contribution in [2.45, 2.75) is 26.0 Å². The summed E-state index contributed by atoms with van der Waals surface area (Å²) in [5.41, 5.74) is 1.05. The molecule has 0 saturated carbocycles. The zero-order valence-electron chi connectivity index (χ0n) is 21.3. The van der Waals surface area contributed by atoms with E-state index in [4.69, 9.17) is 18.9 Å². The first-order chi connectivity index (χ1) is 17.8. The molecule has 8 heteroatoms. The summed E-state index contributed by atoms with van der Waals surface area (Å²) in [5.74, 6) is -0.382. The van der Waals surface area contributed by atoms with Crippen LogP contribution in [0.4, 0.5) is 5.69 Å². The quantitative estimate of drug-likeness (QED) is 0.259. The Kier molecular flexibility index (Phi) is 7.38. The fourth-order valence-corrected chi connectivity index (χ4v) is 4.46. The van der Waals surface area contributed by atoms with Crippen molar-refractivity contribution in [3.8, 4) is 23.0 Å². The monoisotopic (exact) mass is 503 g/mol. The minimum atomic E-state index is -0.984. The molecule has 3 aromatic carbocycles. The number of hydrogen-bond donors (Lipinski definition) is 1. The van der Waals surface area contributed by atoms with Crippen molar-refractivity contribution < 1.29 is 33.6 Å². The average Bonchev–Trinajstić information content (AvgIpc) is 3.17. The SMILES string of the molecule is COc1ccccc1C1/C(=C(\O)c2c(OC)cccc2OC)C(=O)C(=O)N1c1ccc(OC(C)C)cc1. The molecule has 1 aliphatic heterocycles. The van der Waals surface area contributed by atoms with E-state index in [1.165, 1.54) is 26.2 Å². The number of carbonyl (C=O) groups is 2. The third kappa shape index (κ3) is 4.70. The number of amides is 1. The van der Waals surface area contributed by atoms with Crippen molar-refractivity contribution in [2.24, 2.45) is 0 Å². The predicted octanol–water partition coefficient (Wildman–Crippen LogP) is 5.13. The number of hydrogen-bond acceptors (Lipinski definition) is 7. The number of benzene rings is 3. The molecule has 8 nitrogen and oxygen atoms in total. The van der Waals surface area contributed by atoms with Gasteiger partial charge in [0.05, 0.1) is 39.0 Å². The van der Waals surface area contributed by atoms with Crippen LogP contribution in [0.15, 0.2) is 72.3 Å². The highest BCUT2D eigenvalue weighted by Crippen LogP contribution is 2.47. The lowest BCUT2D eigenvalue weighted by Gasteiger charge is -2.27. The molecule has 0 radical (unpaired) electrons. The van der Waals surface area contributed by atoms with E-state index < -0.39 is 23.5 Å². The molecule has 1 heterocycles. The second-order valence-electron chi connectivity index (χ2n) is 8.61. The Balaban J connectivity index is 1.97. The van der Waals surface area contributed by atoms with Crippen molar-refractivity contribution in [3.05, 3.63) is 83.4 Å². The number of Topliss-reactive ketones (excluding diaryl/α,β-unsaturated/α-hetero) is 1. The van der Waals surface area contributed by atoms with Crippen molar-refractivity contribution in [3.63, 3.8) is 0 Å². The molecule has 1 unspecified atom stereocenters. The van der Waals surface area contributed by atoms with Gasteiger partial charge in [0.25, 0.3) is 11.7 Å². The minimum absolute atomic E-state index is 0.0236. The van der Waals surface area contributed by atoms with Crippen LogP contribution in [0, 0.1) is 0 Å². The second kappa shape index (κ2) is 10.7. The summed E-state index contributed by atoms with van der Waals surface area (Å²) in [7, 11) is 4.40. The maximum absolute atomic E-state index is 13.5. The van der Waals surface area contributed by atoms with Crippen LogP contribution in [0.25, 0.3) is 5.76 Å². The van der Waals surface area contributed by atoms with Gasteiger partial charge in [-0.3, -0.25) is 14.5 Å². The van der Waals surface area contributed by atoms with Crippen LogP contribution in [-0.2, 0) is 9.59 Å². The Labute approximate surface area is 215 Å². The van der Waals surface area contributed by atoms with Crippen LogP contribution in [0.1, 0.15) is 31.0 Å². The highest BCUT2D eigenvalue weighted by molar-refractivity contribution is 6.51. The highest BCUT2D eigenvalue weighted by Gasteiger charge is 2.48. The van der Waals surface area contributed by atoms with Gasteiger partial charge in [0.2, 0.25) is 0 Å². The van der Waals surface area contributed by atoms with Crippen LogP contribution in [0.3, 0.4) is 0 Å². The van der Waals surface area contributed by atoms with Crippen LogP contribution in [-0.4, -0.2) is 44.2 Å². The van der Waals surface area contributed by atoms with E-state index in [0.717, 1.165) is 0 Å². The van der Waals surface area contributed by atoms with Crippen molar-refractivity contribution in [2.75, 3.05) is 26.2 Å². The lowest BCUT2D eigenvalue weighted by Crippen LogP contribution is -2.29.